The molecule has 0 radical (unpaired) electrons. The number of hydrogen-bond acceptors (Lipinski definition) is 0. The molecule has 0 bridgehead atoms. The van der Waals surface area contributed by atoms with Crippen LogP contribution in [-0.2, 0) is 0 Å². The van der Waals surface area contributed by atoms with Gasteiger partial charge in [-0.3, -0.25) is 4.70 Å². The molecule has 0 aliphatic rings. The summed E-state index contributed by atoms with van der Waals surface area (Å²) in [5, 5.41) is 0. The molecule has 0 saturated heterocycles. The largest absolute Gasteiger partial charge is 1.00 e. The molecule has 0 aromatic carbocycles. The Balaban J connectivity index is -0.000000000952. The second-order valence-corrected chi connectivity index (χ2v) is 0.707. The van der Waals surface area contributed by atoms with Crippen LogP contribution in [0.5, 0.6) is 0 Å². The van der Waals surface area contributed by atoms with Gasteiger partial charge in [0.15, 0.2) is 0 Å². The van der Waals surface area contributed by atoms with E-state index in [4.69, 9.17) is 0 Å². The molecule has 0 spiro atoms. The Kier molecular flexibility index (Phi) is 169. The zero-order valence-corrected chi connectivity index (χ0v) is 12.1. The van der Waals surface area contributed by atoms with E-state index in [1.54, 1.807) is 0 Å². The predicted octanol–water partition coefficient (Wildman–Crippen LogP) is -7.08. The monoisotopic (exact) mass is 136 g/mol. The van der Waals surface area contributed by atoms with E-state index in [0.29, 0.717) is 0 Å². The molecule has 0 aromatic rings. The minimum Gasteiger partial charge on any atom is -1.00 e. The Morgan fingerprint density at radius 1 is 1.00 bits per heavy atom. The Labute approximate surface area is 116 Å². The molecular weight excluding hydrogens is 124 g/mol. The molecule has 0 heterocycles. The van der Waals surface area contributed by atoms with Crippen molar-refractivity contribution in [2.75, 3.05) is 0 Å². The first-order chi connectivity index (χ1) is 1.41. The van der Waals surface area contributed by atoms with Crippen molar-refractivity contribution in [3.8, 4) is 0 Å². The van der Waals surface area contributed by atoms with Gasteiger partial charge in [-0.25, -0.2) is 0 Å². The van der Waals surface area contributed by atoms with Crippen LogP contribution in [0.25, 0.3) is 0 Å². The van der Waals surface area contributed by atoms with E-state index in [9.17, 15) is 0 Å². The van der Waals surface area contributed by atoms with Gasteiger partial charge in [-0.05, 0) is 0 Å². The van der Waals surface area contributed by atoms with Crippen LogP contribution in [0.4, 0.5) is 4.70 Å². The number of rotatable bonds is 0. The molecule has 0 aliphatic heterocycles. The molecule has 0 fully saturated rings. The third-order valence-electron chi connectivity index (χ3n) is 0. The Hall–Kier alpha value is 2.93. The van der Waals surface area contributed by atoms with Crippen molar-refractivity contribution in [3.05, 3.63) is 0 Å². The summed E-state index contributed by atoms with van der Waals surface area (Å²) in [4.78, 5) is 0. The van der Waals surface area contributed by atoms with Crippen molar-refractivity contribution in [2.24, 2.45) is 0 Å². The standard InChI is InChI=1S/C3H8.FH.3Na.3H/c1-3-2;;;;;;;/h3H2,1-2H3;1H;;;;;;/q;;3*+1;3*-1. The summed E-state index contributed by atoms with van der Waals surface area (Å²) in [6, 6.07) is 0. The molecule has 4 heteroatoms. The second kappa shape index (κ2) is 36.4. The summed E-state index contributed by atoms with van der Waals surface area (Å²) < 4.78 is 0. The fourth-order valence-corrected chi connectivity index (χ4v) is 0. The average molecular weight is 136 g/mol. The molecule has 0 aliphatic carbocycles. The van der Waals surface area contributed by atoms with Gasteiger partial charge in [-0.1, -0.05) is 20.3 Å². The molecule has 0 atom stereocenters. The molecular formula is C3H12FNa3. The minimum atomic E-state index is 0. The van der Waals surface area contributed by atoms with Gasteiger partial charge in [-0.2, -0.15) is 0 Å². The summed E-state index contributed by atoms with van der Waals surface area (Å²) >= 11 is 0. The summed E-state index contributed by atoms with van der Waals surface area (Å²) in [5.74, 6) is 0. The van der Waals surface area contributed by atoms with Crippen molar-refractivity contribution < 1.29 is 97.7 Å². The summed E-state index contributed by atoms with van der Waals surface area (Å²) in [7, 11) is 0. The van der Waals surface area contributed by atoms with Crippen molar-refractivity contribution >= 4 is 0 Å². The first kappa shape index (κ1) is 32.6. The second-order valence-electron chi connectivity index (χ2n) is 0.707. The van der Waals surface area contributed by atoms with E-state index in [1.807, 2.05) is 0 Å². The summed E-state index contributed by atoms with van der Waals surface area (Å²) in [6.07, 6.45) is 1.25. The molecule has 0 rings (SSSR count). The van der Waals surface area contributed by atoms with Gasteiger partial charge in [0.2, 0.25) is 0 Å². The average Bonchev–Trinajstić information content (AvgIpc) is 0.918. The van der Waals surface area contributed by atoms with E-state index in [-0.39, 0.29) is 97.7 Å². The van der Waals surface area contributed by atoms with Gasteiger partial charge in [0.25, 0.3) is 0 Å². The van der Waals surface area contributed by atoms with Gasteiger partial charge < -0.3 is 4.28 Å². The van der Waals surface area contributed by atoms with Crippen molar-refractivity contribution in [1.82, 2.24) is 0 Å². The smallest absolute Gasteiger partial charge is 1.00 e. The van der Waals surface area contributed by atoms with Gasteiger partial charge in [0, 0.05) is 0 Å². The van der Waals surface area contributed by atoms with Gasteiger partial charge in [-0.15, -0.1) is 0 Å². The van der Waals surface area contributed by atoms with E-state index >= 15 is 0 Å². The Morgan fingerprint density at radius 3 is 1.00 bits per heavy atom. The maximum Gasteiger partial charge on any atom is 1.00 e. The first-order valence-corrected chi connectivity index (χ1v) is 1.41. The normalized spacial score (nSPS) is 2.57. The van der Waals surface area contributed by atoms with Crippen LogP contribution < -0.4 is 88.7 Å². The van der Waals surface area contributed by atoms with Crippen LogP contribution >= 0.6 is 0 Å². The van der Waals surface area contributed by atoms with Crippen LogP contribution in [0.1, 0.15) is 24.5 Å². The molecule has 0 aromatic heterocycles. The van der Waals surface area contributed by atoms with Crippen molar-refractivity contribution in [1.29, 1.82) is 0 Å². The summed E-state index contributed by atoms with van der Waals surface area (Å²) in [6.45, 7) is 4.25. The van der Waals surface area contributed by atoms with Crippen molar-refractivity contribution in [3.63, 3.8) is 0 Å². The maximum atomic E-state index is 2.12. The minimum absolute atomic E-state index is 0. The Bertz CT molecular complexity index is 19.0. The van der Waals surface area contributed by atoms with Gasteiger partial charge >= 0.3 is 88.7 Å². The van der Waals surface area contributed by atoms with Gasteiger partial charge in [0.05, 0.1) is 0 Å². The van der Waals surface area contributed by atoms with E-state index < -0.39 is 0 Å². The molecule has 0 N–H and O–H groups in total. The number of halogens is 1. The molecule has 0 unspecified atom stereocenters. The van der Waals surface area contributed by atoms with Crippen LogP contribution in [0.15, 0.2) is 0 Å². The van der Waals surface area contributed by atoms with Crippen LogP contribution in [0.3, 0.4) is 0 Å². The molecule has 0 nitrogen and oxygen atoms in total. The first-order valence-electron chi connectivity index (χ1n) is 1.41. The maximum absolute atomic E-state index is 2.12. The fraction of sp³-hybridized carbons (Fsp3) is 1.00. The quantitative estimate of drug-likeness (QED) is 0.290. The number of hydrogen-bond donors (Lipinski definition) is 0. The molecule has 34 valence electrons. The van der Waals surface area contributed by atoms with Gasteiger partial charge in [0.1, 0.15) is 0 Å². The molecule has 7 heavy (non-hydrogen) atoms. The van der Waals surface area contributed by atoms with Crippen LogP contribution in [0, 0.1) is 0 Å². The van der Waals surface area contributed by atoms with Crippen molar-refractivity contribution in [2.45, 2.75) is 20.3 Å². The molecule has 0 saturated carbocycles. The SMILES string of the molecule is CCC.F.[H-].[H-].[H-].[Na+].[Na+].[Na+]. The fourth-order valence-electron chi connectivity index (χ4n) is 0. The van der Waals surface area contributed by atoms with Crippen LogP contribution in [-0.4, -0.2) is 0 Å². The zero-order valence-electron chi connectivity index (χ0n) is 9.12. The topological polar surface area (TPSA) is 0 Å². The predicted molar refractivity (Wildman–Crippen MR) is 21.8 cm³/mol. The van der Waals surface area contributed by atoms with E-state index in [2.05, 4.69) is 13.8 Å². The third-order valence-corrected chi connectivity index (χ3v) is 0. The van der Waals surface area contributed by atoms with E-state index in [0.717, 1.165) is 0 Å². The Morgan fingerprint density at radius 2 is 1.00 bits per heavy atom. The van der Waals surface area contributed by atoms with E-state index in [1.165, 1.54) is 6.42 Å². The van der Waals surface area contributed by atoms with Crippen LogP contribution in [0.2, 0.25) is 0 Å². The summed E-state index contributed by atoms with van der Waals surface area (Å²) in [5.41, 5.74) is 0. The molecule has 0 amide bonds. The third kappa shape index (κ3) is 50.0. The zero-order chi connectivity index (χ0) is 2.71.